The van der Waals surface area contributed by atoms with E-state index < -0.39 is 10.0 Å². The quantitative estimate of drug-likeness (QED) is 0.907. The predicted octanol–water partition coefficient (Wildman–Crippen LogP) is 1.21. The maximum atomic E-state index is 12.6. The van der Waals surface area contributed by atoms with Gasteiger partial charge in [-0.05, 0) is 46.1 Å². The van der Waals surface area contributed by atoms with Crippen LogP contribution in [0.1, 0.15) is 33.6 Å². The van der Waals surface area contributed by atoms with Gasteiger partial charge in [-0.25, -0.2) is 13.4 Å². The summed E-state index contributed by atoms with van der Waals surface area (Å²) in [7, 11) is -1.68. The second-order valence-corrected chi connectivity index (χ2v) is 8.76. The molecule has 2 rings (SSSR count). The third-order valence-corrected chi connectivity index (χ3v) is 5.44. The predicted molar refractivity (Wildman–Crippen MR) is 82.4 cm³/mol. The molecule has 1 saturated heterocycles. The number of aryl methyl sites for hydroxylation is 1. The topological polar surface area (TPSA) is 67.2 Å². The highest BCUT2D eigenvalue weighted by Crippen LogP contribution is 2.22. The molecule has 1 aliphatic rings. The fourth-order valence-corrected chi connectivity index (χ4v) is 4.04. The van der Waals surface area contributed by atoms with E-state index in [1.807, 2.05) is 0 Å². The minimum Gasteiger partial charge on any atom is -0.339 e. The van der Waals surface area contributed by atoms with Crippen LogP contribution < -0.4 is 5.32 Å². The van der Waals surface area contributed by atoms with E-state index in [0.29, 0.717) is 19.0 Å². The van der Waals surface area contributed by atoms with Gasteiger partial charge in [0.25, 0.3) is 10.0 Å². The van der Waals surface area contributed by atoms with Crippen LogP contribution in [-0.4, -0.2) is 47.4 Å². The molecule has 1 fully saturated rings. The van der Waals surface area contributed by atoms with Crippen LogP contribution in [0.15, 0.2) is 17.6 Å². The van der Waals surface area contributed by atoms with Crippen molar-refractivity contribution in [3.8, 4) is 0 Å². The van der Waals surface area contributed by atoms with Crippen molar-refractivity contribution in [2.75, 3.05) is 19.6 Å². The Morgan fingerprint density at radius 1 is 1.43 bits per heavy atom. The normalized spacial score (nSPS) is 21.6. The zero-order chi connectivity index (χ0) is 15.7. The summed E-state index contributed by atoms with van der Waals surface area (Å²) in [6, 6.07) is 0. The van der Waals surface area contributed by atoms with Gasteiger partial charge in [0.2, 0.25) is 0 Å². The molecule has 7 heteroatoms. The molecule has 1 aromatic rings. The number of nitrogens with zero attached hydrogens (tertiary/aromatic N) is 3. The number of sulfonamides is 1. The lowest BCUT2D eigenvalue weighted by atomic mass is 9.98. The van der Waals surface area contributed by atoms with Crippen LogP contribution in [0.4, 0.5) is 0 Å². The Morgan fingerprint density at radius 2 is 2.14 bits per heavy atom. The molecule has 21 heavy (non-hydrogen) atoms. The van der Waals surface area contributed by atoms with E-state index in [1.54, 1.807) is 22.1 Å². The first-order valence-corrected chi connectivity index (χ1v) is 8.85. The standard InChI is InChI=1S/C14H26N4O2S/c1-14(2,3)16-8-12-6-5-7-18(9-12)21(19,20)13-10-17(4)11-15-13/h10-12,16H,5-9H2,1-4H3. The van der Waals surface area contributed by atoms with E-state index in [1.165, 1.54) is 6.33 Å². The van der Waals surface area contributed by atoms with Crippen molar-refractivity contribution < 1.29 is 8.42 Å². The van der Waals surface area contributed by atoms with E-state index in [2.05, 4.69) is 31.1 Å². The maximum absolute atomic E-state index is 12.6. The van der Waals surface area contributed by atoms with Crippen LogP contribution in [-0.2, 0) is 17.1 Å². The molecule has 2 heterocycles. The van der Waals surface area contributed by atoms with E-state index >= 15 is 0 Å². The van der Waals surface area contributed by atoms with Crippen molar-refractivity contribution in [1.82, 2.24) is 19.2 Å². The largest absolute Gasteiger partial charge is 0.339 e. The van der Waals surface area contributed by atoms with Crippen LogP contribution in [0, 0.1) is 5.92 Å². The average molecular weight is 314 g/mol. The average Bonchev–Trinajstić information content (AvgIpc) is 2.83. The first kappa shape index (κ1) is 16.5. The minimum absolute atomic E-state index is 0.0577. The molecule has 6 nitrogen and oxygen atoms in total. The summed E-state index contributed by atoms with van der Waals surface area (Å²) >= 11 is 0. The summed E-state index contributed by atoms with van der Waals surface area (Å²) in [6.07, 6.45) is 5.06. The first-order chi connectivity index (χ1) is 9.68. The van der Waals surface area contributed by atoms with Crippen LogP contribution >= 0.6 is 0 Å². The minimum atomic E-state index is -3.45. The van der Waals surface area contributed by atoms with E-state index in [0.717, 1.165) is 19.4 Å². The molecule has 1 atom stereocenters. The maximum Gasteiger partial charge on any atom is 0.262 e. The van der Waals surface area contributed by atoms with Crippen LogP contribution in [0.5, 0.6) is 0 Å². The Balaban J connectivity index is 2.03. The molecule has 0 amide bonds. The highest BCUT2D eigenvalue weighted by molar-refractivity contribution is 7.89. The van der Waals surface area contributed by atoms with Gasteiger partial charge >= 0.3 is 0 Å². The summed E-state index contributed by atoms with van der Waals surface area (Å²) in [6.45, 7) is 8.37. The number of hydrogen-bond donors (Lipinski definition) is 1. The zero-order valence-corrected chi connectivity index (χ0v) is 14.2. The van der Waals surface area contributed by atoms with E-state index in [-0.39, 0.29) is 10.6 Å². The highest BCUT2D eigenvalue weighted by atomic mass is 32.2. The number of hydrogen-bond acceptors (Lipinski definition) is 4. The molecule has 0 spiro atoms. The summed E-state index contributed by atoms with van der Waals surface area (Å²) in [4.78, 5) is 3.99. The van der Waals surface area contributed by atoms with Gasteiger partial charge in [-0.15, -0.1) is 0 Å². The molecular formula is C14H26N4O2S. The molecule has 1 unspecified atom stereocenters. The number of piperidine rings is 1. The fraction of sp³-hybridized carbons (Fsp3) is 0.786. The third kappa shape index (κ3) is 4.28. The second kappa shape index (κ2) is 6.06. The molecule has 1 aliphatic heterocycles. The van der Waals surface area contributed by atoms with Crippen molar-refractivity contribution in [2.24, 2.45) is 13.0 Å². The Morgan fingerprint density at radius 3 is 2.71 bits per heavy atom. The monoisotopic (exact) mass is 314 g/mol. The Bertz CT molecular complexity index is 574. The van der Waals surface area contributed by atoms with Crippen molar-refractivity contribution in [1.29, 1.82) is 0 Å². The van der Waals surface area contributed by atoms with Crippen molar-refractivity contribution in [3.63, 3.8) is 0 Å². The van der Waals surface area contributed by atoms with Gasteiger partial charge < -0.3 is 9.88 Å². The molecule has 0 bridgehead atoms. The van der Waals surface area contributed by atoms with Gasteiger partial charge in [0.1, 0.15) is 0 Å². The Hall–Kier alpha value is -0.920. The third-order valence-electron chi connectivity index (χ3n) is 3.69. The van der Waals surface area contributed by atoms with Crippen LogP contribution in [0.3, 0.4) is 0 Å². The van der Waals surface area contributed by atoms with Gasteiger partial charge in [0.15, 0.2) is 5.03 Å². The van der Waals surface area contributed by atoms with Crippen LogP contribution in [0.25, 0.3) is 0 Å². The summed E-state index contributed by atoms with van der Waals surface area (Å²) in [5.41, 5.74) is 0.0577. The first-order valence-electron chi connectivity index (χ1n) is 7.41. The lowest BCUT2D eigenvalue weighted by molar-refractivity contribution is 0.244. The smallest absolute Gasteiger partial charge is 0.262 e. The van der Waals surface area contributed by atoms with E-state index in [9.17, 15) is 8.42 Å². The number of nitrogens with one attached hydrogen (secondary N) is 1. The van der Waals surface area contributed by atoms with E-state index in [4.69, 9.17) is 0 Å². The molecular weight excluding hydrogens is 288 g/mol. The van der Waals surface area contributed by atoms with Gasteiger partial charge in [-0.2, -0.15) is 4.31 Å². The van der Waals surface area contributed by atoms with Crippen molar-refractivity contribution >= 4 is 10.0 Å². The van der Waals surface area contributed by atoms with Crippen molar-refractivity contribution in [3.05, 3.63) is 12.5 Å². The molecule has 0 aromatic carbocycles. The summed E-state index contributed by atoms with van der Waals surface area (Å²) in [5.74, 6) is 0.358. The summed E-state index contributed by atoms with van der Waals surface area (Å²) in [5, 5.41) is 3.61. The van der Waals surface area contributed by atoms with Gasteiger partial charge in [-0.1, -0.05) is 0 Å². The summed E-state index contributed by atoms with van der Waals surface area (Å²) < 4.78 is 28.4. The lowest BCUT2D eigenvalue weighted by Gasteiger charge is -2.33. The molecule has 0 saturated carbocycles. The molecule has 0 aliphatic carbocycles. The lowest BCUT2D eigenvalue weighted by Crippen LogP contribution is -2.46. The number of imidazole rings is 1. The van der Waals surface area contributed by atoms with Crippen molar-refractivity contribution in [2.45, 2.75) is 44.2 Å². The number of rotatable bonds is 4. The molecule has 0 radical (unpaired) electrons. The van der Waals surface area contributed by atoms with Gasteiger partial charge in [-0.3, -0.25) is 0 Å². The SMILES string of the molecule is Cn1cnc(S(=O)(=O)N2CCCC(CNC(C)(C)C)C2)c1. The molecule has 120 valence electrons. The Kier molecular flexibility index (Phi) is 4.75. The second-order valence-electron chi connectivity index (χ2n) is 6.88. The molecule has 1 aromatic heterocycles. The molecule has 1 N–H and O–H groups in total. The fourth-order valence-electron chi connectivity index (χ4n) is 2.52. The highest BCUT2D eigenvalue weighted by Gasteiger charge is 2.31. The van der Waals surface area contributed by atoms with Crippen LogP contribution in [0.2, 0.25) is 0 Å². The zero-order valence-electron chi connectivity index (χ0n) is 13.3. The van der Waals surface area contributed by atoms with Gasteiger partial charge in [0.05, 0.1) is 6.33 Å². The Labute approximate surface area is 127 Å². The number of aromatic nitrogens is 2. The van der Waals surface area contributed by atoms with Gasteiger partial charge in [0, 0.05) is 31.9 Å².